The van der Waals surface area contributed by atoms with E-state index >= 15 is 0 Å². The third-order valence-electron chi connectivity index (χ3n) is 3.68. The molecule has 0 bridgehead atoms. The molecule has 108 valence electrons. The first-order valence-electron chi connectivity index (χ1n) is 6.67. The number of nitrogens with one attached hydrogen (secondary N) is 1. The lowest BCUT2D eigenvalue weighted by molar-refractivity contribution is 0.275. The molecular weight excluding hydrogens is 280 g/mol. The summed E-state index contributed by atoms with van der Waals surface area (Å²) in [5, 5.41) is 4.62. The molecule has 0 unspecified atom stereocenters. The van der Waals surface area contributed by atoms with Crippen molar-refractivity contribution in [2.45, 2.75) is 52.1 Å². The Balaban J connectivity index is 2.36. The first-order valence-corrected chi connectivity index (χ1v) is 9.30. The molecule has 0 aromatic carbocycles. The van der Waals surface area contributed by atoms with E-state index in [1.54, 1.807) is 11.3 Å². The van der Waals surface area contributed by atoms with Crippen LogP contribution in [0.3, 0.4) is 0 Å². The zero-order valence-electron chi connectivity index (χ0n) is 12.0. The third-order valence-corrected chi connectivity index (χ3v) is 6.61. The summed E-state index contributed by atoms with van der Waals surface area (Å²) in [4.78, 5) is 5.88. The van der Waals surface area contributed by atoms with Crippen LogP contribution in [0.5, 0.6) is 0 Å². The second kappa shape index (κ2) is 5.14. The molecule has 0 atom stereocenters. The van der Waals surface area contributed by atoms with Gasteiger partial charge in [0.05, 0.1) is 22.7 Å². The minimum atomic E-state index is -2.86. The van der Waals surface area contributed by atoms with Crippen molar-refractivity contribution in [3.8, 4) is 0 Å². The molecule has 2 heterocycles. The maximum absolute atomic E-state index is 11.7. The molecule has 1 aromatic rings. The monoisotopic (exact) mass is 302 g/mol. The Morgan fingerprint density at radius 1 is 1.26 bits per heavy atom. The normalized spacial score (nSPS) is 21.7. The quantitative estimate of drug-likeness (QED) is 0.929. The summed E-state index contributed by atoms with van der Waals surface area (Å²) in [6.45, 7) is 8.27. The first kappa shape index (κ1) is 14.9. The highest BCUT2D eigenvalue weighted by molar-refractivity contribution is 7.91. The van der Waals surface area contributed by atoms with Gasteiger partial charge < -0.3 is 5.32 Å². The Hall–Kier alpha value is -0.460. The van der Waals surface area contributed by atoms with Crippen molar-refractivity contribution < 1.29 is 8.42 Å². The van der Waals surface area contributed by atoms with Gasteiger partial charge in [-0.05, 0) is 40.5 Å². The number of aromatic nitrogens is 1. The maximum Gasteiger partial charge on any atom is 0.150 e. The van der Waals surface area contributed by atoms with Crippen LogP contribution in [0.2, 0.25) is 0 Å². The van der Waals surface area contributed by atoms with E-state index < -0.39 is 9.84 Å². The van der Waals surface area contributed by atoms with Gasteiger partial charge in [0.15, 0.2) is 0 Å². The Labute approximate surface area is 119 Å². The Bertz CT molecular complexity index is 528. The summed E-state index contributed by atoms with van der Waals surface area (Å²) in [6, 6.07) is 0.310. The van der Waals surface area contributed by atoms with Crippen molar-refractivity contribution in [3.05, 3.63) is 15.6 Å². The van der Waals surface area contributed by atoms with E-state index in [0.717, 1.165) is 10.7 Å². The molecular formula is C13H22N2O2S2. The third kappa shape index (κ3) is 3.17. The van der Waals surface area contributed by atoms with E-state index in [4.69, 9.17) is 0 Å². The van der Waals surface area contributed by atoms with Gasteiger partial charge in [-0.1, -0.05) is 0 Å². The smallest absolute Gasteiger partial charge is 0.150 e. The molecule has 2 rings (SSSR count). The van der Waals surface area contributed by atoms with Gasteiger partial charge in [-0.15, -0.1) is 11.3 Å². The van der Waals surface area contributed by atoms with Gasteiger partial charge >= 0.3 is 0 Å². The zero-order valence-corrected chi connectivity index (χ0v) is 13.6. The van der Waals surface area contributed by atoms with Gasteiger partial charge in [-0.25, -0.2) is 13.4 Å². The molecule has 0 amide bonds. The van der Waals surface area contributed by atoms with Gasteiger partial charge in [0.25, 0.3) is 0 Å². The van der Waals surface area contributed by atoms with Crippen LogP contribution in [0.1, 0.15) is 42.3 Å². The summed E-state index contributed by atoms with van der Waals surface area (Å²) in [5.74, 6) is 0.509. The fourth-order valence-electron chi connectivity index (χ4n) is 2.54. The molecule has 1 aliphatic heterocycles. The maximum atomic E-state index is 11.7. The molecule has 0 spiro atoms. The summed E-state index contributed by atoms with van der Waals surface area (Å²) in [5.41, 5.74) is 0.793. The summed E-state index contributed by atoms with van der Waals surface area (Å²) in [6.07, 6.45) is 1.25. The molecule has 1 saturated heterocycles. The van der Waals surface area contributed by atoms with E-state index in [1.165, 1.54) is 4.88 Å². The predicted octanol–water partition coefficient (Wildman–Crippen LogP) is 2.16. The Kier molecular flexibility index (Phi) is 4.05. The molecule has 0 radical (unpaired) electrons. The van der Waals surface area contributed by atoms with Crippen LogP contribution >= 0.6 is 11.3 Å². The summed E-state index contributed by atoms with van der Waals surface area (Å²) < 4.78 is 23.4. The highest BCUT2D eigenvalue weighted by Crippen LogP contribution is 2.37. The number of nitrogens with zero attached hydrogens (tertiary/aromatic N) is 1. The second-order valence-electron chi connectivity index (χ2n) is 5.69. The van der Waals surface area contributed by atoms with E-state index in [0.29, 0.717) is 18.9 Å². The minimum absolute atomic E-state index is 0.254. The zero-order chi connectivity index (χ0) is 14.3. The highest BCUT2D eigenvalue weighted by atomic mass is 32.2. The van der Waals surface area contributed by atoms with E-state index in [2.05, 4.69) is 31.1 Å². The van der Waals surface area contributed by atoms with Gasteiger partial charge in [-0.3, -0.25) is 0 Å². The summed E-state index contributed by atoms with van der Waals surface area (Å²) in [7, 11) is -2.86. The van der Waals surface area contributed by atoms with Crippen molar-refractivity contribution >= 4 is 21.2 Å². The predicted molar refractivity (Wildman–Crippen MR) is 79.4 cm³/mol. The van der Waals surface area contributed by atoms with Crippen molar-refractivity contribution in [3.63, 3.8) is 0 Å². The fraction of sp³-hybridized carbons (Fsp3) is 0.769. The van der Waals surface area contributed by atoms with Crippen molar-refractivity contribution in [2.75, 3.05) is 11.5 Å². The highest BCUT2D eigenvalue weighted by Gasteiger charge is 2.41. The van der Waals surface area contributed by atoms with Gasteiger partial charge in [-0.2, -0.15) is 0 Å². The Morgan fingerprint density at radius 2 is 1.84 bits per heavy atom. The van der Waals surface area contributed by atoms with E-state index in [-0.39, 0.29) is 17.0 Å². The largest absolute Gasteiger partial charge is 0.303 e. The molecule has 19 heavy (non-hydrogen) atoms. The second-order valence-corrected chi connectivity index (χ2v) is 9.20. The molecule has 4 nitrogen and oxygen atoms in total. The van der Waals surface area contributed by atoms with Gasteiger partial charge in [0, 0.05) is 10.9 Å². The topological polar surface area (TPSA) is 59.1 Å². The average molecular weight is 302 g/mol. The van der Waals surface area contributed by atoms with Crippen LogP contribution in [0.15, 0.2) is 0 Å². The molecule has 1 aromatic heterocycles. The fourth-order valence-corrected chi connectivity index (χ4v) is 5.18. The number of thiazole rings is 1. The lowest BCUT2D eigenvalue weighted by Gasteiger charge is -2.38. The molecule has 0 saturated carbocycles. The van der Waals surface area contributed by atoms with Crippen LogP contribution in [-0.2, 0) is 15.4 Å². The Morgan fingerprint density at radius 3 is 2.26 bits per heavy atom. The lowest BCUT2D eigenvalue weighted by atomic mass is 9.92. The number of sulfone groups is 1. The van der Waals surface area contributed by atoms with Gasteiger partial charge in [0.1, 0.15) is 14.8 Å². The number of hydrogen-bond donors (Lipinski definition) is 1. The van der Waals surface area contributed by atoms with Crippen LogP contribution in [-0.4, -0.2) is 30.9 Å². The summed E-state index contributed by atoms with van der Waals surface area (Å²) >= 11 is 1.69. The van der Waals surface area contributed by atoms with E-state index in [9.17, 15) is 8.42 Å². The molecule has 1 aliphatic rings. The van der Waals surface area contributed by atoms with Crippen molar-refractivity contribution in [2.24, 2.45) is 0 Å². The molecule has 0 aliphatic carbocycles. The van der Waals surface area contributed by atoms with Gasteiger partial charge in [0.2, 0.25) is 0 Å². The van der Waals surface area contributed by atoms with Crippen molar-refractivity contribution in [1.29, 1.82) is 0 Å². The van der Waals surface area contributed by atoms with Crippen LogP contribution in [0.4, 0.5) is 0 Å². The number of aryl methyl sites for hydroxylation is 2. The number of hydrogen-bond acceptors (Lipinski definition) is 5. The standard InChI is InChI=1S/C13H22N2O2S2/c1-9(2)15-13(5-7-19(16,17)8-6-13)12-14-10(3)11(4)18-12/h9,15H,5-8H2,1-4H3. The average Bonchev–Trinajstić information content (AvgIpc) is 2.63. The van der Waals surface area contributed by atoms with Crippen LogP contribution in [0.25, 0.3) is 0 Å². The van der Waals surface area contributed by atoms with Crippen LogP contribution < -0.4 is 5.32 Å². The van der Waals surface area contributed by atoms with Crippen LogP contribution in [0, 0.1) is 13.8 Å². The van der Waals surface area contributed by atoms with E-state index in [1.807, 2.05) is 6.92 Å². The molecule has 1 fully saturated rings. The SMILES string of the molecule is Cc1nc(C2(NC(C)C)CCS(=O)(=O)CC2)sc1C. The minimum Gasteiger partial charge on any atom is -0.303 e. The first-order chi connectivity index (χ1) is 8.74. The molecule has 1 N–H and O–H groups in total. The molecule has 6 heteroatoms. The number of rotatable bonds is 3. The lowest BCUT2D eigenvalue weighted by Crippen LogP contribution is -2.50. The van der Waals surface area contributed by atoms with Crippen molar-refractivity contribution in [1.82, 2.24) is 10.3 Å².